The molecule has 0 bridgehead atoms. The number of rotatable bonds is 37. The quantitative estimate of drug-likeness (QED) is 0.00686. The molecule has 39 nitrogen and oxygen atoms in total. The summed E-state index contributed by atoms with van der Waals surface area (Å²) in [6.07, 6.45) is -6.70. The summed E-state index contributed by atoms with van der Waals surface area (Å²) in [5, 5.41) is 64.7. The van der Waals surface area contributed by atoms with E-state index in [2.05, 4.69) is 84.7 Å². The Morgan fingerprint density at radius 1 is 0.638 bits per heavy atom. The standard InChI is InChI=1S/C55H91N19O20/c1-28(2)35(27-80)68-40-46(88)61-21-36(81)69-44(66-33(24-77)20-38(84)85)50(92)74-55(6,17-13-11-9-8-10-12-16-54(5,59-7)51(93)73-40)52(94)63-30(4)45(87)70-43(65-32(23-76)19-37(82)83)49(91)72-42(64-31(22-75)15-14-18-60-53(57)58)48(90)71-41(67-34(25-78)26-79)47(89)62-29(3)39(56)86/h8-9,22-25,27-35,40-44,59,64-68,79H,10-21,26H2,1-7H3,(H2,56,86)(H,61,88)(H,62,89)(H,63,94)(H,69,81)(H,70,87)(H,71,90)(H,72,91)(H,73,93)(H,74,92)(H,82,83)(H,84,85)(H4,57,58,60)/b9-8-/t29-,30-,31+,32+,33+,34-,35-,40+,41+,42-,43+,44+,54-,55-/m0/s1. The molecule has 0 fully saturated rings. The molecule has 0 aromatic carbocycles. The van der Waals surface area contributed by atoms with Crippen LogP contribution in [0.5, 0.6) is 0 Å². The van der Waals surface area contributed by atoms with Gasteiger partial charge in [-0.15, -0.1) is 0 Å². The van der Waals surface area contributed by atoms with Gasteiger partial charge in [-0.1, -0.05) is 26.0 Å². The van der Waals surface area contributed by atoms with Gasteiger partial charge in [0.1, 0.15) is 49.1 Å². The van der Waals surface area contributed by atoms with Crippen LogP contribution in [0.1, 0.15) is 106 Å². The van der Waals surface area contributed by atoms with Crippen molar-refractivity contribution in [1.29, 1.82) is 0 Å². The second-order valence-corrected chi connectivity index (χ2v) is 22.5. The Labute approximate surface area is 540 Å². The molecule has 94 heavy (non-hydrogen) atoms. The number of carbonyl (C=O) groups excluding carboxylic acids is 15. The molecule has 526 valence electrons. The van der Waals surface area contributed by atoms with Gasteiger partial charge in [-0.3, -0.25) is 89.1 Å². The second kappa shape index (κ2) is 42.0. The molecule has 0 aromatic rings. The van der Waals surface area contributed by atoms with Crippen LogP contribution in [-0.4, -0.2) is 235 Å². The third-order valence-corrected chi connectivity index (χ3v) is 14.3. The molecule has 14 atom stereocenters. The minimum Gasteiger partial charge on any atom is -0.481 e. The second-order valence-electron chi connectivity index (χ2n) is 22.5. The number of likely N-dealkylation sites (N-methyl/N-ethyl adjacent to an activating group) is 1. The van der Waals surface area contributed by atoms with E-state index in [4.69, 9.17) is 17.2 Å². The molecule has 10 amide bonds. The van der Waals surface area contributed by atoms with E-state index in [1.54, 1.807) is 32.9 Å². The number of aldehydes is 5. The lowest BCUT2D eigenvalue weighted by atomic mass is 9.92. The first kappa shape index (κ1) is 82.7. The Morgan fingerprint density at radius 3 is 1.63 bits per heavy atom. The molecular weight excluding hydrogens is 1250 g/mol. The Kier molecular flexibility index (Phi) is 37.0. The number of aliphatic carboxylic acids is 2. The molecular formula is C55H91N19O20. The zero-order chi connectivity index (χ0) is 71.5. The van der Waals surface area contributed by atoms with E-state index < -0.39 is 187 Å². The van der Waals surface area contributed by atoms with Gasteiger partial charge in [-0.25, -0.2) is 0 Å². The van der Waals surface area contributed by atoms with Crippen LogP contribution in [0, 0.1) is 5.92 Å². The molecule has 39 heteroatoms. The van der Waals surface area contributed by atoms with Gasteiger partial charge in [0.2, 0.25) is 29.5 Å². The van der Waals surface area contributed by atoms with Gasteiger partial charge in [-0.05, 0) is 92.0 Å². The van der Waals surface area contributed by atoms with Crippen molar-refractivity contribution in [3.63, 3.8) is 0 Å². The summed E-state index contributed by atoms with van der Waals surface area (Å²) in [6.45, 7) is 6.34. The lowest BCUT2D eigenvalue weighted by molar-refractivity contribution is -0.140. The average molecular weight is 1340 g/mol. The fourth-order valence-corrected chi connectivity index (χ4v) is 8.46. The van der Waals surface area contributed by atoms with Crippen molar-refractivity contribution < 1.29 is 96.8 Å². The molecule has 0 spiro atoms. The Morgan fingerprint density at radius 2 is 1.14 bits per heavy atom. The molecule has 1 aliphatic rings. The van der Waals surface area contributed by atoms with Crippen LogP contribution in [0.25, 0.3) is 0 Å². The number of guanidine groups is 1. The number of nitrogens with one attached hydrogen (secondary N) is 15. The molecule has 0 saturated heterocycles. The monoisotopic (exact) mass is 1340 g/mol. The largest absolute Gasteiger partial charge is 0.481 e. The summed E-state index contributed by atoms with van der Waals surface area (Å²) in [5.41, 5.74) is 12.6. The van der Waals surface area contributed by atoms with Gasteiger partial charge >= 0.3 is 11.9 Å². The van der Waals surface area contributed by atoms with Crippen molar-refractivity contribution in [2.24, 2.45) is 28.1 Å². The van der Waals surface area contributed by atoms with Gasteiger partial charge < -0.3 is 110 Å². The number of aliphatic hydroxyl groups is 1. The molecule has 24 N–H and O–H groups in total. The number of amides is 10. The maximum Gasteiger partial charge on any atom is 0.305 e. The smallest absolute Gasteiger partial charge is 0.305 e. The van der Waals surface area contributed by atoms with Crippen LogP contribution in [0.15, 0.2) is 17.1 Å². The minimum absolute atomic E-state index is 0.0349. The maximum absolute atomic E-state index is 14.6. The maximum atomic E-state index is 14.6. The number of nitrogens with two attached hydrogens (primary N) is 3. The minimum atomic E-state index is -2.27. The van der Waals surface area contributed by atoms with Crippen molar-refractivity contribution >= 4 is 108 Å². The summed E-state index contributed by atoms with van der Waals surface area (Å²) < 4.78 is 0. The van der Waals surface area contributed by atoms with E-state index in [0.29, 0.717) is 19.1 Å². The summed E-state index contributed by atoms with van der Waals surface area (Å²) in [5.74, 6) is -15.7. The fraction of sp³-hybridized carbons (Fsp3) is 0.636. The highest BCUT2D eigenvalue weighted by atomic mass is 16.4. The van der Waals surface area contributed by atoms with Crippen molar-refractivity contribution in [3.8, 4) is 0 Å². The molecule has 0 saturated carbocycles. The number of carboxylic acids is 2. The SMILES string of the molecule is CN[C@@]1(C)CCC/C=C\CCC[C@@](C)(C(=O)N[C@@H](C)C(=O)N[C@@H](N[C@@H](C=O)CC(=O)O)C(=O)N[C@H](N[C@@H](C=O)CCCN=C(N)N)C(=O)N[C@@H](N[C@@H](C=O)CO)C(=O)N[C@@H](C)C(N)=O)NC(=O)[C@H](N[C@@H](C=O)CC(=O)O)NC(=O)CNC(=O)[C@H](N[C@@H](C=O)C(C)C)NC1=O. The van der Waals surface area contributed by atoms with Crippen molar-refractivity contribution in [1.82, 2.24) is 79.8 Å². The first-order chi connectivity index (χ1) is 44.2. The number of aliphatic imine (C=N–C) groups is 1. The predicted molar refractivity (Wildman–Crippen MR) is 329 cm³/mol. The van der Waals surface area contributed by atoms with Crippen LogP contribution in [0.2, 0.25) is 0 Å². The zero-order valence-electron chi connectivity index (χ0n) is 53.2. The Hall–Kier alpha value is -9.28. The number of carbonyl (C=O) groups is 17. The predicted octanol–water partition coefficient (Wildman–Crippen LogP) is -9.99. The average Bonchev–Trinajstić information content (AvgIpc) is 0.888. The zero-order valence-corrected chi connectivity index (χ0v) is 53.2. The lowest BCUT2D eigenvalue weighted by Gasteiger charge is -2.33. The summed E-state index contributed by atoms with van der Waals surface area (Å²) in [7, 11) is 1.52. The van der Waals surface area contributed by atoms with Gasteiger partial charge in [0.15, 0.2) is 36.8 Å². The van der Waals surface area contributed by atoms with E-state index in [0.717, 1.165) is 13.8 Å². The van der Waals surface area contributed by atoms with Crippen LogP contribution >= 0.6 is 0 Å². The van der Waals surface area contributed by atoms with E-state index in [9.17, 15) is 96.8 Å². The van der Waals surface area contributed by atoms with Gasteiger partial charge in [0, 0.05) is 6.54 Å². The summed E-state index contributed by atoms with van der Waals surface area (Å²) in [6, 6.07) is -10.6. The van der Waals surface area contributed by atoms with E-state index in [1.807, 2.05) is 0 Å². The molecule has 1 heterocycles. The van der Waals surface area contributed by atoms with Crippen molar-refractivity contribution in [3.05, 3.63) is 12.2 Å². The number of carboxylic acid groups (broad SMARTS) is 2. The molecule has 0 radical (unpaired) electrons. The molecule has 0 unspecified atom stereocenters. The van der Waals surface area contributed by atoms with Gasteiger partial charge in [0.25, 0.3) is 29.5 Å². The molecule has 1 aliphatic heterocycles. The third-order valence-electron chi connectivity index (χ3n) is 14.3. The molecule has 0 aliphatic carbocycles. The first-order valence-electron chi connectivity index (χ1n) is 29.7. The highest BCUT2D eigenvalue weighted by Gasteiger charge is 2.41. The van der Waals surface area contributed by atoms with Gasteiger partial charge in [0.05, 0.1) is 61.7 Å². The number of nitrogens with zero attached hydrogens (tertiary/aromatic N) is 1. The summed E-state index contributed by atoms with van der Waals surface area (Å²) >= 11 is 0. The van der Waals surface area contributed by atoms with Crippen LogP contribution in [-0.2, 0) is 81.5 Å². The Balaban J connectivity index is 3.98. The number of primary amides is 1. The normalized spacial score (nSPS) is 22.0. The topological polar surface area (TPSA) is 622 Å². The molecule has 0 aromatic heterocycles. The summed E-state index contributed by atoms with van der Waals surface area (Å²) in [4.78, 5) is 226. The fourth-order valence-electron chi connectivity index (χ4n) is 8.46. The van der Waals surface area contributed by atoms with Crippen LogP contribution in [0.4, 0.5) is 0 Å². The number of hydrogen-bond donors (Lipinski definition) is 21. The third kappa shape index (κ3) is 30.0. The highest BCUT2D eigenvalue weighted by Crippen LogP contribution is 2.18. The number of aliphatic hydroxyl groups excluding tert-OH is 1. The first-order valence-corrected chi connectivity index (χ1v) is 29.7. The van der Waals surface area contributed by atoms with E-state index >= 15 is 0 Å². The Bertz CT molecular complexity index is 2740. The van der Waals surface area contributed by atoms with Crippen molar-refractivity contribution in [2.45, 2.75) is 190 Å². The number of allylic oxidation sites excluding steroid dienone is 2. The lowest BCUT2D eigenvalue weighted by Crippen LogP contribution is -2.68. The van der Waals surface area contributed by atoms with Crippen LogP contribution < -0.4 is 97.0 Å². The molecule has 1 rings (SSSR count). The van der Waals surface area contributed by atoms with Crippen molar-refractivity contribution in [2.75, 3.05) is 26.7 Å². The number of hydrogen-bond acceptors (Lipinski definition) is 25. The van der Waals surface area contributed by atoms with Gasteiger partial charge in [-0.2, -0.15) is 0 Å². The highest BCUT2D eigenvalue weighted by molar-refractivity contribution is 5.99. The van der Waals surface area contributed by atoms with Crippen LogP contribution in [0.3, 0.4) is 0 Å². The van der Waals surface area contributed by atoms with E-state index in [1.165, 1.54) is 14.0 Å². The van der Waals surface area contributed by atoms with E-state index in [-0.39, 0.29) is 76.2 Å².